The van der Waals surface area contributed by atoms with Gasteiger partial charge >= 0.3 is 0 Å². The summed E-state index contributed by atoms with van der Waals surface area (Å²) in [6.45, 7) is 2.74. The maximum Gasteiger partial charge on any atom is 0.258 e. The lowest BCUT2D eigenvalue weighted by Gasteiger charge is -2.21. The third kappa shape index (κ3) is 3.71. The summed E-state index contributed by atoms with van der Waals surface area (Å²) in [5, 5.41) is 5.01. The molecule has 130 valence electrons. The van der Waals surface area contributed by atoms with Crippen LogP contribution in [0.5, 0.6) is 0 Å². The number of nitrogens with one attached hydrogen (secondary N) is 1. The summed E-state index contributed by atoms with van der Waals surface area (Å²) in [6.07, 6.45) is 3.98. The number of fused-ring (bicyclic) bond motifs is 1. The Labute approximate surface area is 149 Å². The molecule has 1 amide bonds. The van der Waals surface area contributed by atoms with Gasteiger partial charge in [-0.05, 0) is 24.6 Å². The Morgan fingerprint density at radius 2 is 2.20 bits per heavy atom. The van der Waals surface area contributed by atoms with E-state index in [4.69, 9.17) is 11.6 Å². The van der Waals surface area contributed by atoms with Crippen LogP contribution in [0, 0.1) is 0 Å². The Hall–Kier alpha value is -2.67. The highest BCUT2D eigenvalue weighted by molar-refractivity contribution is 6.31. The van der Waals surface area contributed by atoms with E-state index in [-0.39, 0.29) is 18.0 Å². The van der Waals surface area contributed by atoms with Crippen molar-refractivity contribution in [1.82, 2.24) is 24.6 Å². The van der Waals surface area contributed by atoms with Crippen LogP contribution in [-0.2, 0) is 13.6 Å². The van der Waals surface area contributed by atoms with Crippen molar-refractivity contribution in [3.63, 3.8) is 0 Å². The fourth-order valence-corrected chi connectivity index (χ4v) is 2.82. The number of aromatic nitrogens is 4. The molecule has 0 aliphatic heterocycles. The molecule has 25 heavy (non-hydrogen) atoms. The van der Waals surface area contributed by atoms with E-state index in [1.807, 2.05) is 6.92 Å². The zero-order valence-corrected chi connectivity index (χ0v) is 14.7. The van der Waals surface area contributed by atoms with Gasteiger partial charge in [0.1, 0.15) is 5.82 Å². The molecular weight excluding hydrogens is 342 g/mol. The van der Waals surface area contributed by atoms with Crippen molar-refractivity contribution in [3.05, 3.63) is 57.4 Å². The number of carbonyl (C=O) groups excluding carboxylic acids is 1. The average molecular weight is 360 g/mol. The van der Waals surface area contributed by atoms with Crippen molar-refractivity contribution in [2.45, 2.75) is 19.9 Å². The number of nitrogens with zero attached hydrogens (tertiary/aromatic N) is 4. The molecule has 0 spiro atoms. The predicted octanol–water partition coefficient (Wildman–Crippen LogP) is 2.36. The summed E-state index contributed by atoms with van der Waals surface area (Å²) in [4.78, 5) is 33.8. The summed E-state index contributed by atoms with van der Waals surface area (Å²) in [7, 11) is 1.76. The minimum atomic E-state index is -0.248. The number of hydrogen-bond donors (Lipinski definition) is 1. The predicted molar refractivity (Wildman–Crippen MR) is 95.6 cm³/mol. The normalized spacial score (nSPS) is 11.0. The first-order valence-electron chi connectivity index (χ1n) is 7.94. The standard InChI is InChI=1S/C17H18ClN5O2/c1-3-6-23(17(25)11-8-19-22(2)9-11)10-15-20-14-7-12(18)4-5-13(14)16(24)21-15/h4-5,7-9H,3,6,10H2,1-2H3,(H,20,21,24). The van der Waals surface area contributed by atoms with Gasteiger partial charge in [0, 0.05) is 24.8 Å². The number of benzene rings is 1. The van der Waals surface area contributed by atoms with Crippen LogP contribution in [0.25, 0.3) is 10.9 Å². The highest BCUT2D eigenvalue weighted by atomic mass is 35.5. The first-order valence-corrected chi connectivity index (χ1v) is 8.32. The van der Waals surface area contributed by atoms with E-state index >= 15 is 0 Å². The van der Waals surface area contributed by atoms with Crippen molar-refractivity contribution in [2.75, 3.05) is 6.54 Å². The van der Waals surface area contributed by atoms with E-state index in [1.165, 1.54) is 6.20 Å². The smallest absolute Gasteiger partial charge is 0.258 e. The topological polar surface area (TPSA) is 83.9 Å². The lowest BCUT2D eigenvalue weighted by Crippen LogP contribution is -2.32. The lowest BCUT2D eigenvalue weighted by molar-refractivity contribution is 0.0739. The Kier molecular flexibility index (Phi) is 4.85. The van der Waals surface area contributed by atoms with Gasteiger partial charge in [-0.25, -0.2) is 4.98 Å². The van der Waals surface area contributed by atoms with E-state index in [0.717, 1.165) is 6.42 Å². The molecule has 3 aromatic rings. The number of aromatic amines is 1. The van der Waals surface area contributed by atoms with Gasteiger partial charge in [-0.2, -0.15) is 5.10 Å². The van der Waals surface area contributed by atoms with Crippen molar-refractivity contribution < 1.29 is 4.79 Å². The fraction of sp³-hybridized carbons (Fsp3) is 0.294. The molecule has 8 heteroatoms. The molecule has 0 atom stereocenters. The molecule has 0 saturated carbocycles. The molecular formula is C17H18ClN5O2. The third-order valence-electron chi connectivity index (χ3n) is 3.79. The van der Waals surface area contributed by atoms with Gasteiger partial charge in [-0.15, -0.1) is 0 Å². The average Bonchev–Trinajstić information content (AvgIpc) is 3.00. The zero-order valence-electron chi connectivity index (χ0n) is 14.0. The fourth-order valence-electron chi connectivity index (χ4n) is 2.65. The van der Waals surface area contributed by atoms with Crippen LogP contribution in [0.2, 0.25) is 5.02 Å². The molecule has 0 saturated heterocycles. The van der Waals surface area contributed by atoms with Crippen LogP contribution in [0.3, 0.4) is 0 Å². The van der Waals surface area contributed by atoms with Gasteiger partial charge in [-0.1, -0.05) is 18.5 Å². The molecule has 2 heterocycles. The molecule has 0 aliphatic carbocycles. The number of H-pyrrole nitrogens is 1. The van der Waals surface area contributed by atoms with Crippen LogP contribution in [-0.4, -0.2) is 37.1 Å². The zero-order chi connectivity index (χ0) is 18.0. The van der Waals surface area contributed by atoms with E-state index in [9.17, 15) is 9.59 Å². The van der Waals surface area contributed by atoms with Crippen LogP contribution in [0.4, 0.5) is 0 Å². The van der Waals surface area contributed by atoms with Crippen LogP contribution in [0.1, 0.15) is 29.5 Å². The minimum absolute atomic E-state index is 0.149. The van der Waals surface area contributed by atoms with Gasteiger partial charge in [0.05, 0.1) is 29.2 Å². The summed E-state index contributed by atoms with van der Waals surface area (Å²) >= 11 is 5.99. The SMILES string of the molecule is CCCN(Cc1nc2cc(Cl)ccc2c(=O)[nH]1)C(=O)c1cnn(C)c1. The van der Waals surface area contributed by atoms with Crippen LogP contribution in [0.15, 0.2) is 35.4 Å². The second-order valence-corrected chi connectivity index (χ2v) is 6.24. The molecule has 0 bridgehead atoms. The Balaban J connectivity index is 1.93. The molecule has 1 aromatic carbocycles. The van der Waals surface area contributed by atoms with Crippen LogP contribution >= 0.6 is 11.6 Å². The highest BCUT2D eigenvalue weighted by Crippen LogP contribution is 2.15. The first-order chi connectivity index (χ1) is 12.0. The van der Waals surface area contributed by atoms with Crippen molar-refractivity contribution >= 4 is 28.4 Å². The number of carbonyl (C=O) groups is 1. The Bertz CT molecular complexity index is 979. The summed E-state index contributed by atoms with van der Waals surface area (Å²) in [6, 6.07) is 4.93. The maximum absolute atomic E-state index is 12.7. The summed E-state index contributed by atoms with van der Waals surface area (Å²) in [5.41, 5.74) is 0.764. The van der Waals surface area contributed by atoms with Crippen molar-refractivity contribution in [1.29, 1.82) is 0 Å². The second-order valence-electron chi connectivity index (χ2n) is 5.80. The molecule has 0 aliphatic rings. The summed E-state index contributed by atoms with van der Waals surface area (Å²) in [5.74, 6) is 0.272. The number of hydrogen-bond acceptors (Lipinski definition) is 4. The van der Waals surface area contributed by atoms with Crippen molar-refractivity contribution in [2.24, 2.45) is 7.05 Å². The highest BCUT2D eigenvalue weighted by Gasteiger charge is 2.18. The maximum atomic E-state index is 12.7. The Morgan fingerprint density at radius 3 is 2.88 bits per heavy atom. The van der Waals surface area contributed by atoms with Gasteiger partial charge in [0.2, 0.25) is 0 Å². The van der Waals surface area contributed by atoms with Gasteiger partial charge < -0.3 is 9.88 Å². The molecule has 0 unspecified atom stereocenters. The number of rotatable bonds is 5. The van der Waals surface area contributed by atoms with Gasteiger partial charge in [0.25, 0.3) is 11.5 Å². The number of amides is 1. The number of halogens is 1. The molecule has 2 aromatic heterocycles. The molecule has 1 N–H and O–H groups in total. The molecule has 0 radical (unpaired) electrons. The largest absolute Gasteiger partial charge is 0.331 e. The van der Waals surface area contributed by atoms with Crippen molar-refractivity contribution in [3.8, 4) is 0 Å². The minimum Gasteiger partial charge on any atom is -0.331 e. The Morgan fingerprint density at radius 1 is 1.40 bits per heavy atom. The monoisotopic (exact) mass is 359 g/mol. The third-order valence-corrected chi connectivity index (χ3v) is 4.03. The first kappa shape index (κ1) is 17.2. The van der Waals surface area contributed by atoms with E-state index in [0.29, 0.717) is 33.9 Å². The number of aryl methyl sites for hydroxylation is 1. The molecule has 3 rings (SSSR count). The second kappa shape index (κ2) is 7.06. The summed E-state index contributed by atoms with van der Waals surface area (Å²) < 4.78 is 1.58. The quantitative estimate of drug-likeness (QED) is 0.758. The molecule has 7 nitrogen and oxygen atoms in total. The lowest BCUT2D eigenvalue weighted by atomic mass is 10.2. The van der Waals surface area contributed by atoms with Crippen LogP contribution < -0.4 is 5.56 Å². The van der Waals surface area contributed by atoms with E-state index in [2.05, 4.69) is 15.1 Å². The molecule has 0 fully saturated rings. The van der Waals surface area contributed by atoms with E-state index in [1.54, 1.807) is 41.0 Å². The van der Waals surface area contributed by atoms with Gasteiger partial charge in [-0.3, -0.25) is 14.3 Å². The van der Waals surface area contributed by atoms with Gasteiger partial charge in [0.15, 0.2) is 0 Å². The van der Waals surface area contributed by atoms with E-state index < -0.39 is 0 Å².